The van der Waals surface area contributed by atoms with Crippen molar-refractivity contribution < 1.29 is 12.8 Å². The molecule has 0 saturated heterocycles. The lowest BCUT2D eigenvalue weighted by Gasteiger charge is -2.04. The van der Waals surface area contributed by atoms with E-state index >= 15 is 0 Å². The van der Waals surface area contributed by atoms with Crippen LogP contribution in [0.4, 0.5) is 4.39 Å². The highest BCUT2D eigenvalue weighted by Crippen LogP contribution is 2.18. The maximum Gasteiger partial charge on any atom is 0.241 e. The molecule has 0 amide bonds. The highest BCUT2D eigenvalue weighted by Gasteiger charge is 2.11. The van der Waals surface area contributed by atoms with Gasteiger partial charge in [0.15, 0.2) is 0 Å². The van der Waals surface area contributed by atoms with Crippen LogP contribution in [0.15, 0.2) is 35.5 Å². The van der Waals surface area contributed by atoms with Crippen molar-refractivity contribution in [3.63, 3.8) is 0 Å². The predicted molar refractivity (Wildman–Crippen MR) is 64.1 cm³/mol. The largest absolute Gasteiger partial charge is 0.267 e. The number of aromatic nitrogens is 2. The van der Waals surface area contributed by atoms with Crippen molar-refractivity contribution in [2.45, 2.75) is 11.4 Å². The molecule has 0 bridgehead atoms. The molecule has 96 valence electrons. The Kier molecular flexibility index (Phi) is 3.38. The fraction of sp³-hybridized carbons (Fsp3) is 0.100. The third-order valence-electron chi connectivity index (χ3n) is 2.29. The summed E-state index contributed by atoms with van der Waals surface area (Å²) in [6.07, 6.45) is 2.43. The predicted octanol–water partition coefficient (Wildman–Crippen LogP) is 1.37. The Bertz CT molecular complexity index is 684. The van der Waals surface area contributed by atoms with Crippen molar-refractivity contribution >= 4 is 21.6 Å². The number of halogens is 2. The first-order valence-corrected chi connectivity index (χ1v) is 6.78. The van der Waals surface area contributed by atoms with Crippen LogP contribution in [0.25, 0.3) is 0 Å². The summed E-state index contributed by atoms with van der Waals surface area (Å²) in [6.45, 7) is 0.231. The lowest BCUT2D eigenvalue weighted by atomic mass is 10.2. The average Bonchev–Trinajstić information content (AvgIpc) is 2.70. The standard InChI is InChI=1S/C10H9ClFN3O2S/c11-10-3-8(12)2-1-7(10)5-15-6-9(4-14-15)18(13,16)17/h1-4,6H,5H2,(H2,13,16,17). The summed E-state index contributed by atoms with van der Waals surface area (Å²) in [4.78, 5) is -0.0827. The zero-order chi connectivity index (χ0) is 13.3. The fourth-order valence-electron chi connectivity index (χ4n) is 1.40. The van der Waals surface area contributed by atoms with Gasteiger partial charge >= 0.3 is 0 Å². The third-order valence-corrected chi connectivity index (χ3v) is 3.51. The second kappa shape index (κ2) is 4.68. The minimum absolute atomic E-state index is 0.0827. The number of sulfonamides is 1. The summed E-state index contributed by atoms with van der Waals surface area (Å²) in [7, 11) is -3.77. The summed E-state index contributed by atoms with van der Waals surface area (Å²) in [5.74, 6) is -0.436. The van der Waals surface area contributed by atoms with Crippen LogP contribution >= 0.6 is 11.6 Å². The highest BCUT2D eigenvalue weighted by atomic mass is 35.5. The summed E-state index contributed by atoms with van der Waals surface area (Å²) in [5, 5.41) is 9.06. The topological polar surface area (TPSA) is 78.0 Å². The summed E-state index contributed by atoms with van der Waals surface area (Å²) in [5.41, 5.74) is 0.627. The second-order valence-electron chi connectivity index (χ2n) is 3.65. The molecule has 1 aromatic carbocycles. The van der Waals surface area contributed by atoms with Crippen LogP contribution in [0.1, 0.15) is 5.56 Å². The molecule has 0 saturated carbocycles. The number of nitrogens with two attached hydrogens (primary N) is 1. The fourth-order valence-corrected chi connectivity index (χ4v) is 2.09. The number of primary sulfonamides is 1. The van der Waals surface area contributed by atoms with Gasteiger partial charge in [0.1, 0.15) is 10.7 Å². The number of rotatable bonds is 3. The van der Waals surface area contributed by atoms with Gasteiger partial charge in [0, 0.05) is 11.2 Å². The zero-order valence-corrected chi connectivity index (χ0v) is 10.6. The van der Waals surface area contributed by atoms with E-state index in [-0.39, 0.29) is 16.5 Å². The molecule has 1 aromatic heterocycles. The SMILES string of the molecule is NS(=O)(=O)c1cnn(Cc2ccc(F)cc2Cl)c1. The Hall–Kier alpha value is -1.44. The number of hydrogen-bond acceptors (Lipinski definition) is 3. The van der Waals surface area contributed by atoms with Gasteiger partial charge in [-0.25, -0.2) is 17.9 Å². The lowest BCUT2D eigenvalue weighted by Crippen LogP contribution is -2.11. The van der Waals surface area contributed by atoms with Crippen molar-refractivity contribution in [3.8, 4) is 0 Å². The van der Waals surface area contributed by atoms with Crippen LogP contribution in [0, 0.1) is 5.82 Å². The molecule has 2 rings (SSSR count). The smallest absolute Gasteiger partial charge is 0.241 e. The molecular formula is C10H9ClFN3O2S. The number of benzene rings is 1. The molecule has 5 nitrogen and oxygen atoms in total. The first-order valence-electron chi connectivity index (χ1n) is 4.85. The van der Waals surface area contributed by atoms with Gasteiger partial charge in [0.25, 0.3) is 0 Å². The van der Waals surface area contributed by atoms with Gasteiger partial charge in [-0.3, -0.25) is 4.68 Å². The van der Waals surface area contributed by atoms with E-state index in [2.05, 4.69) is 5.10 Å². The molecule has 18 heavy (non-hydrogen) atoms. The van der Waals surface area contributed by atoms with Gasteiger partial charge in [0.2, 0.25) is 10.0 Å². The van der Waals surface area contributed by atoms with Gasteiger partial charge < -0.3 is 0 Å². The van der Waals surface area contributed by atoms with Crippen molar-refractivity contribution in [1.82, 2.24) is 9.78 Å². The maximum atomic E-state index is 12.8. The van der Waals surface area contributed by atoms with Crippen molar-refractivity contribution in [2.75, 3.05) is 0 Å². The van der Waals surface area contributed by atoms with E-state index < -0.39 is 15.8 Å². The molecule has 0 radical (unpaired) electrons. The van der Waals surface area contributed by atoms with Crippen LogP contribution in [-0.2, 0) is 16.6 Å². The van der Waals surface area contributed by atoms with Crippen molar-refractivity contribution in [1.29, 1.82) is 0 Å². The molecule has 2 N–H and O–H groups in total. The number of hydrogen-bond donors (Lipinski definition) is 1. The Morgan fingerprint density at radius 2 is 2.17 bits per heavy atom. The Balaban J connectivity index is 2.27. The molecule has 0 aliphatic rings. The quantitative estimate of drug-likeness (QED) is 0.927. The summed E-state index contributed by atoms with van der Waals surface area (Å²) in [6, 6.07) is 3.96. The van der Waals surface area contributed by atoms with Gasteiger partial charge in [-0.2, -0.15) is 5.10 Å². The molecule has 0 fully saturated rings. The maximum absolute atomic E-state index is 12.8. The first-order chi connectivity index (χ1) is 8.36. The van der Waals surface area contributed by atoms with Gasteiger partial charge in [-0.1, -0.05) is 17.7 Å². The van der Waals surface area contributed by atoms with E-state index in [0.29, 0.717) is 5.56 Å². The van der Waals surface area contributed by atoms with E-state index in [1.54, 1.807) is 0 Å². The van der Waals surface area contributed by atoms with E-state index in [9.17, 15) is 12.8 Å². The Labute approximate surface area is 108 Å². The van der Waals surface area contributed by atoms with Crippen LogP contribution < -0.4 is 5.14 Å². The molecule has 0 unspecified atom stereocenters. The third kappa shape index (κ3) is 2.87. The van der Waals surface area contributed by atoms with Gasteiger partial charge in [-0.05, 0) is 17.7 Å². The molecule has 0 atom stereocenters. The molecular weight excluding hydrogens is 281 g/mol. The minimum atomic E-state index is -3.77. The highest BCUT2D eigenvalue weighted by molar-refractivity contribution is 7.89. The zero-order valence-electron chi connectivity index (χ0n) is 9.05. The Morgan fingerprint density at radius 1 is 1.44 bits per heavy atom. The van der Waals surface area contributed by atoms with Crippen LogP contribution in [0.3, 0.4) is 0 Å². The second-order valence-corrected chi connectivity index (χ2v) is 5.62. The lowest BCUT2D eigenvalue weighted by molar-refractivity contribution is 0.597. The van der Waals surface area contributed by atoms with Gasteiger partial charge in [0.05, 0.1) is 12.7 Å². The molecule has 8 heteroatoms. The molecule has 1 heterocycles. The van der Waals surface area contributed by atoms with Crippen molar-refractivity contribution in [3.05, 3.63) is 47.0 Å². The molecule has 0 aliphatic carbocycles. The van der Waals surface area contributed by atoms with E-state index in [1.165, 1.54) is 29.1 Å². The summed E-state index contributed by atoms with van der Waals surface area (Å²) >= 11 is 5.85. The van der Waals surface area contributed by atoms with Crippen LogP contribution in [0.2, 0.25) is 5.02 Å². The number of nitrogens with zero attached hydrogens (tertiary/aromatic N) is 2. The Morgan fingerprint density at radius 3 is 2.72 bits per heavy atom. The minimum Gasteiger partial charge on any atom is -0.267 e. The molecule has 0 aliphatic heterocycles. The van der Waals surface area contributed by atoms with E-state index in [0.717, 1.165) is 6.20 Å². The molecule has 2 aromatic rings. The first kappa shape index (κ1) is 13.0. The molecule has 0 spiro atoms. The monoisotopic (exact) mass is 289 g/mol. The van der Waals surface area contributed by atoms with E-state index in [1.807, 2.05) is 0 Å². The van der Waals surface area contributed by atoms with Crippen molar-refractivity contribution in [2.24, 2.45) is 5.14 Å². The average molecular weight is 290 g/mol. The van der Waals surface area contributed by atoms with Crippen LogP contribution in [0.5, 0.6) is 0 Å². The normalized spacial score (nSPS) is 11.7. The van der Waals surface area contributed by atoms with E-state index in [4.69, 9.17) is 16.7 Å². The van der Waals surface area contributed by atoms with Gasteiger partial charge in [-0.15, -0.1) is 0 Å². The van der Waals surface area contributed by atoms with Crippen LogP contribution in [-0.4, -0.2) is 18.2 Å². The summed E-state index contributed by atoms with van der Waals surface area (Å²) < 4.78 is 36.3.